The molecule has 15 heavy (non-hydrogen) atoms. The minimum atomic E-state index is 0.415. The van der Waals surface area contributed by atoms with Crippen molar-refractivity contribution in [2.24, 2.45) is 11.1 Å². The van der Waals surface area contributed by atoms with E-state index in [1.165, 1.54) is 5.56 Å². The first-order chi connectivity index (χ1) is 7.38. The predicted molar refractivity (Wildman–Crippen MR) is 60.1 cm³/mol. The van der Waals surface area contributed by atoms with Gasteiger partial charge in [0.25, 0.3) is 0 Å². The van der Waals surface area contributed by atoms with Crippen molar-refractivity contribution >= 4 is 6.21 Å². The maximum atomic E-state index is 8.45. The van der Waals surface area contributed by atoms with Crippen LogP contribution in [0.1, 0.15) is 12.0 Å². The molecule has 1 fully saturated rings. The van der Waals surface area contributed by atoms with Crippen LogP contribution in [0.15, 0.2) is 35.5 Å². The van der Waals surface area contributed by atoms with Gasteiger partial charge < -0.3 is 5.21 Å². The zero-order valence-corrected chi connectivity index (χ0v) is 8.71. The van der Waals surface area contributed by atoms with Gasteiger partial charge in [-0.25, -0.2) is 0 Å². The third kappa shape index (κ3) is 2.80. The Balaban J connectivity index is 1.87. The van der Waals surface area contributed by atoms with Gasteiger partial charge >= 0.3 is 0 Å². The molecule has 1 aliphatic heterocycles. The number of likely N-dealkylation sites (tertiary alicyclic amines) is 1. The highest BCUT2D eigenvalue weighted by atomic mass is 16.4. The molecule has 1 saturated heterocycles. The number of rotatable bonds is 3. The first-order valence-electron chi connectivity index (χ1n) is 5.32. The van der Waals surface area contributed by atoms with Crippen molar-refractivity contribution in [3.63, 3.8) is 0 Å². The first-order valence-corrected chi connectivity index (χ1v) is 5.32. The lowest BCUT2D eigenvalue weighted by atomic mass is 10.1. The first kappa shape index (κ1) is 10.2. The molecule has 1 atom stereocenters. The van der Waals surface area contributed by atoms with Crippen molar-refractivity contribution < 1.29 is 5.21 Å². The van der Waals surface area contributed by atoms with Gasteiger partial charge in [-0.1, -0.05) is 30.3 Å². The van der Waals surface area contributed by atoms with Crippen molar-refractivity contribution in [2.45, 2.75) is 13.0 Å². The van der Waals surface area contributed by atoms with Crippen molar-refractivity contribution in [3.05, 3.63) is 35.9 Å². The molecule has 1 aliphatic rings. The number of hydrogen-bond acceptors (Lipinski definition) is 3. The van der Waals surface area contributed by atoms with Crippen LogP contribution < -0.4 is 0 Å². The minimum absolute atomic E-state index is 0.415. The molecule has 3 heteroatoms. The average molecular weight is 204 g/mol. The van der Waals surface area contributed by atoms with E-state index < -0.39 is 0 Å². The molecule has 3 nitrogen and oxygen atoms in total. The molecule has 0 aliphatic carbocycles. The summed E-state index contributed by atoms with van der Waals surface area (Å²) in [7, 11) is 0. The van der Waals surface area contributed by atoms with E-state index in [1.807, 2.05) is 6.07 Å². The summed E-state index contributed by atoms with van der Waals surface area (Å²) in [6, 6.07) is 10.5. The molecule has 1 unspecified atom stereocenters. The summed E-state index contributed by atoms with van der Waals surface area (Å²) >= 11 is 0. The highest BCUT2D eigenvalue weighted by molar-refractivity contribution is 5.60. The third-order valence-corrected chi connectivity index (χ3v) is 2.84. The Kier molecular flexibility index (Phi) is 3.35. The van der Waals surface area contributed by atoms with Crippen LogP contribution in [0.5, 0.6) is 0 Å². The summed E-state index contributed by atoms with van der Waals surface area (Å²) in [4.78, 5) is 2.39. The number of oxime groups is 1. The Hall–Kier alpha value is -1.35. The second kappa shape index (κ2) is 4.94. The van der Waals surface area contributed by atoms with Gasteiger partial charge in [0.15, 0.2) is 0 Å². The fourth-order valence-electron chi connectivity index (χ4n) is 2.06. The summed E-state index contributed by atoms with van der Waals surface area (Å²) in [5.74, 6) is 0.415. The molecule has 0 aromatic heterocycles. The van der Waals surface area contributed by atoms with Gasteiger partial charge in [-0.2, -0.15) is 0 Å². The van der Waals surface area contributed by atoms with Crippen LogP contribution in [0.4, 0.5) is 0 Å². The largest absolute Gasteiger partial charge is 0.411 e. The second-order valence-corrected chi connectivity index (χ2v) is 4.03. The maximum absolute atomic E-state index is 8.45. The molecule has 1 aromatic carbocycles. The zero-order chi connectivity index (χ0) is 10.5. The average Bonchev–Trinajstić information content (AvgIpc) is 2.68. The van der Waals surface area contributed by atoms with Gasteiger partial charge in [-0.05, 0) is 18.5 Å². The molecule has 0 spiro atoms. The number of hydrogen-bond donors (Lipinski definition) is 1. The molecular formula is C12H16N2O. The monoisotopic (exact) mass is 204 g/mol. The Morgan fingerprint density at radius 1 is 1.40 bits per heavy atom. The van der Waals surface area contributed by atoms with Gasteiger partial charge in [-0.3, -0.25) is 4.90 Å². The zero-order valence-electron chi connectivity index (χ0n) is 8.71. The quantitative estimate of drug-likeness (QED) is 0.464. The molecule has 0 radical (unpaired) electrons. The van der Waals surface area contributed by atoms with Crippen LogP contribution >= 0.6 is 0 Å². The van der Waals surface area contributed by atoms with E-state index in [1.54, 1.807) is 6.21 Å². The van der Waals surface area contributed by atoms with Crippen LogP contribution in [0.2, 0.25) is 0 Å². The Morgan fingerprint density at radius 3 is 2.93 bits per heavy atom. The third-order valence-electron chi connectivity index (χ3n) is 2.84. The Labute approximate surface area is 90.0 Å². The van der Waals surface area contributed by atoms with Gasteiger partial charge in [0.1, 0.15) is 0 Å². The summed E-state index contributed by atoms with van der Waals surface area (Å²) in [6.07, 6.45) is 2.74. The molecule has 1 aromatic rings. The van der Waals surface area contributed by atoms with E-state index in [0.29, 0.717) is 5.92 Å². The lowest BCUT2D eigenvalue weighted by Crippen LogP contribution is -2.20. The molecule has 1 N–H and O–H groups in total. The second-order valence-electron chi connectivity index (χ2n) is 4.03. The van der Waals surface area contributed by atoms with E-state index in [9.17, 15) is 0 Å². The van der Waals surface area contributed by atoms with Crippen LogP contribution in [-0.2, 0) is 6.54 Å². The van der Waals surface area contributed by atoms with Crippen LogP contribution in [0.3, 0.4) is 0 Å². The standard InChI is InChI=1S/C12H16N2O/c15-13-8-12-6-7-14(10-12)9-11-4-2-1-3-5-11/h1-5,8,12,15H,6-7,9-10H2. The summed E-state index contributed by atoms with van der Waals surface area (Å²) < 4.78 is 0. The highest BCUT2D eigenvalue weighted by Crippen LogP contribution is 2.16. The molecule has 80 valence electrons. The molecule has 0 amide bonds. The van der Waals surface area contributed by atoms with Crippen LogP contribution in [0.25, 0.3) is 0 Å². The summed E-state index contributed by atoms with van der Waals surface area (Å²) in [5.41, 5.74) is 1.35. The molecule has 0 bridgehead atoms. The highest BCUT2D eigenvalue weighted by Gasteiger charge is 2.20. The van der Waals surface area contributed by atoms with Gasteiger partial charge in [0.2, 0.25) is 0 Å². The van der Waals surface area contributed by atoms with Gasteiger partial charge in [0, 0.05) is 25.2 Å². The van der Waals surface area contributed by atoms with E-state index in [0.717, 1.165) is 26.1 Å². The van der Waals surface area contributed by atoms with Crippen molar-refractivity contribution in [1.82, 2.24) is 4.90 Å². The van der Waals surface area contributed by atoms with E-state index in [4.69, 9.17) is 5.21 Å². The summed E-state index contributed by atoms with van der Waals surface area (Å²) in [6.45, 7) is 3.08. The summed E-state index contributed by atoms with van der Waals surface area (Å²) in [5, 5.41) is 11.6. The van der Waals surface area contributed by atoms with Crippen molar-refractivity contribution in [3.8, 4) is 0 Å². The van der Waals surface area contributed by atoms with Crippen LogP contribution in [-0.4, -0.2) is 29.4 Å². The lowest BCUT2D eigenvalue weighted by molar-refractivity contribution is 0.312. The fraction of sp³-hybridized carbons (Fsp3) is 0.417. The Morgan fingerprint density at radius 2 is 2.20 bits per heavy atom. The van der Waals surface area contributed by atoms with Gasteiger partial charge in [0.05, 0.1) is 0 Å². The smallest absolute Gasteiger partial charge is 0.0480 e. The number of benzene rings is 1. The van der Waals surface area contributed by atoms with Crippen molar-refractivity contribution in [2.75, 3.05) is 13.1 Å². The van der Waals surface area contributed by atoms with Crippen molar-refractivity contribution in [1.29, 1.82) is 0 Å². The van der Waals surface area contributed by atoms with E-state index in [-0.39, 0.29) is 0 Å². The van der Waals surface area contributed by atoms with E-state index >= 15 is 0 Å². The SMILES string of the molecule is ON=CC1CCN(Cc2ccccc2)C1. The minimum Gasteiger partial charge on any atom is -0.411 e. The normalized spacial score (nSPS) is 22.5. The maximum Gasteiger partial charge on any atom is 0.0480 e. The molecule has 1 heterocycles. The van der Waals surface area contributed by atoms with E-state index in [2.05, 4.69) is 34.3 Å². The predicted octanol–water partition coefficient (Wildman–Crippen LogP) is 1.97. The fourth-order valence-corrected chi connectivity index (χ4v) is 2.06. The molecular weight excluding hydrogens is 188 g/mol. The topological polar surface area (TPSA) is 35.8 Å². The molecule has 2 rings (SSSR count). The van der Waals surface area contributed by atoms with Gasteiger partial charge in [-0.15, -0.1) is 5.16 Å². The number of nitrogens with zero attached hydrogens (tertiary/aromatic N) is 2. The lowest BCUT2D eigenvalue weighted by Gasteiger charge is -2.14. The molecule has 0 saturated carbocycles. The van der Waals surface area contributed by atoms with Crippen LogP contribution in [0, 0.1) is 5.92 Å². The Bertz CT molecular complexity index is 324.